The van der Waals surface area contributed by atoms with Gasteiger partial charge in [0.2, 0.25) is 0 Å². The van der Waals surface area contributed by atoms with Crippen molar-refractivity contribution in [3.63, 3.8) is 0 Å². The summed E-state index contributed by atoms with van der Waals surface area (Å²) < 4.78 is 11.3. The first kappa shape index (κ1) is 16.0. The zero-order valence-corrected chi connectivity index (χ0v) is 15.6. The number of hydrogen-bond acceptors (Lipinski definition) is 6. The van der Waals surface area contributed by atoms with E-state index in [9.17, 15) is 0 Å². The highest BCUT2D eigenvalue weighted by atomic mass is 16.5. The van der Waals surface area contributed by atoms with Crippen LogP contribution in [-0.2, 0) is 4.74 Å². The van der Waals surface area contributed by atoms with E-state index in [-0.39, 0.29) is 0 Å². The molecule has 1 aromatic carbocycles. The topological polar surface area (TPSA) is 64.3 Å². The Kier molecular flexibility index (Phi) is 3.43. The van der Waals surface area contributed by atoms with Crippen molar-refractivity contribution in [3.05, 3.63) is 48.5 Å². The minimum Gasteiger partial charge on any atom is -0.441 e. The molecular formula is C22H20N4O2. The number of nitrogens with zero attached hydrogens (tertiary/aromatic N) is 4. The van der Waals surface area contributed by atoms with Crippen molar-refractivity contribution in [2.45, 2.75) is 31.8 Å². The van der Waals surface area contributed by atoms with Gasteiger partial charge in [-0.3, -0.25) is 4.98 Å². The van der Waals surface area contributed by atoms with Gasteiger partial charge in [0.15, 0.2) is 11.5 Å². The van der Waals surface area contributed by atoms with E-state index in [1.165, 1.54) is 12.8 Å². The third-order valence-corrected chi connectivity index (χ3v) is 5.85. The normalized spacial score (nSPS) is 21.7. The SMILES string of the molecule is Cc1nc2cc(-c3ccc4ncc(N5C6CCC5COC6)cc4n3)ccc2o1. The average molecular weight is 372 g/mol. The van der Waals surface area contributed by atoms with Crippen LogP contribution in [0.3, 0.4) is 0 Å². The van der Waals surface area contributed by atoms with Gasteiger partial charge >= 0.3 is 0 Å². The molecule has 6 rings (SSSR count). The average Bonchev–Trinajstić information content (AvgIpc) is 3.21. The first-order chi connectivity index (χ1) is 13.7. The minimum atomic E-state index is 0.457. The highest BCUT2D eigenvalue weighted by molar-refractivity contribution is 5.84. The van der Waals surface area contributed by atoms with Crippen LogP contribution < -0.4 is 4.90 Å². The lowest BCUT2D eigenvalue weighted by atomic mass is 10.1. The van der Waals surface area contributed by atoms with Crippen LogP contribution >= 0.6 is 0 Å². The second-order valence-corrected chi connectivity index (χ2v) is 7.67. The molecule has 2 unspecified atom stereocenters. The Morgan fingerprint density at radius 3 is 2.64 bits per heavy atom. The number of benzene rings is 1. The van der Waals surface area contributed by atoms with Crippen LogP contribution in [0.1, 0.15) is 18.7 Å². The molecule has 2 saturated heterocycles. The van der Waals surface area contributed by atoms with Crippen molar-refractivity contribution in [2.24, 2.45) is 0 Å². The van der Waals surface area contributed by atoms with Crippen LogP contribution in [-0.4, -0.2) is 40.2 Å². The molecule has 2 fully saturated rings. The van der Waals surface area contributed by atoms with E-state index in [4.69, 9.17) is 14.1 Å². The Morgan fingerprint density at radius 2 is 1.79 bits per heavy atom. The molecule has 0 spiro atoms. The summed E-state index contributed by atoms with van der Waals surface area (Å²) in [6, 6.07) is 13.1. The van der Waals surface area contributed by atoms with Gasteiger partial charge in [0.05, 0.1) is 53.9 Å². The van der Waals surface area contributed by atoms with Crippen LogP contribution in [0.25, 0.3) is 33.4 Å². The number of pyridine rings is 2. The van der Waals surface area contributed by atoms with Crippen molar-refractivity contribution in [3.8, 4) is 11.3 Å². The van der Waals surface area contributed by atoms with Crippen LogP contribution in [0.5, 0.6) is 0 Å². The maximum Gasteiger partial charge on any atom is 0.192 e. The van der Waals surface area contributed by atoms with Crippen molar-refractivity contribution in [1.29, 1.82) is 0 Å². The highest BCUT2D eigenvalue weighted by Crippen LogP contribution is 2.35. The summed E-state index contributed by atoms with van der Waals surface area (Å²) in [4.78, 5) is 16.5. The van der Waals surface area contributed by atoms with Gasteiger partial charge < -0.3 is 14.1 Å². The Bertz CT molecular complexity index is 1190. The van der Waals surface area contributed by atoms with Crippen molar-refractivity contribution >= 4 is 27.8 Å². The standard InChI is InChI=1S/C22H20N4O2/c1-13-24-21-8-14(2-7-22(21)28-13)18-5-6-19-20(25-18)9-17(10-23-19)26-15-3-4-16(26)12-27-11-15/h2,5-10,15-16H,3-4,11-12H2,1H3. The van der Waals surface area contributed by atoms with Gasteiger partial charge in [-0.1, -0.05) is 0 Å². The summed E-state index contributed by atoms with van der Waals surface area (Å²) in [5.74, 6) is 0.674. The molecule has 0 saturated carbocycles. The monoisotopic (exact) mass is 372 g/mol. The lowest BCUT2D eigenvalue weighted by Crippen LogP contribution is -2.45. The van der Waals surface area contributed by atoms with E-state index in [0.29, 0.717) is 18.0 Å². The lowest BCUT2D eigenvalue weighted by molar-refractivity contribution is 0.0906. The molecule has 5 heterocycles. The van der Waals surface area contributed by atoms with Gasteiger partial charge in [-0.25, -0.2) is 9.97 Å². The first-order valence-electron chi connectivity index (χ1n) is 9.75. The Labute approximate surface area is 162 Å². The summed E-state index contributed by atoms with van der Waals surface area (Å²) in [6.07, 6.45) is 4.35. The quantitative estimate of drug-likeness (QED) is 0.527. The minimum absolute atomic E-state index is 0.457. The zero-order chi connectivity index (χ0) is 18.7. The van der Waals surface area contributed by atoms with E-state index in [2.05, 4.69) is 20.9 Å². The molecule has 2 aliphatic heterocycles. The first-order valence-corrected chi connectivity index (χ1v) is 9.75. The van der Waals surface area contributed by atoms with E-state index >= 15 is 0 Å². The second kappa shape index (κ2) is 6.01. The number of rotatable bonds is 2. The van der Waals surface area contributed by atoms with E-state index in [1.54, 1.807) is 0 Å². The third-order valence-electron chi connectivity index (χ3n) is 5.85. The fourth-order valence-electron chi connectivity index (χ4n) is 4.55. The molecule has 0 amide bonds. The van der Waals surface area contributed by atoms with Gasteiger partial charge in [-0.2, -0.15) is 0 Å². The fraction of sp³-hybridized carbons (Fsp3) is 0.318. The largest absolute Gasteiger partial charge is 0.441 e. The number of morpholine rings is 1. The Hall–Kier alpha value is -2.99. The summed E-state index contributed by atoms with van der Waals surface area (Å²) >= 11 is 0. The summed E-state index contributed by atoms with van der Waals surface area (Å²) in [5, 5.41) is 0. The maximum atomic E-state index is 5.72. The summed E-state index contributed by atoms with van der Waals surface area (Å²) in [6.45, 7) is 3.47. The van der Waals surface area contributed by atoms with Gasteiger partial charge in [0, 0.05) is 12.5 Å². The Morgan fingerprint density at radius 1 is 0.929 bits per heavy atom. The summed E-state index contributed by atoms with van der Waals surface area (Å²) in [7, 11) is 0. The number of anilines is 1. The number of ether oxygens (including phenoxy) is 1. The number of hydrogen-bond donors (Lipinski definition) is 0. The van der Waals surface area contributed by atoms with E-state index < -0.39 is 0 Å². The van der Waals surface area contributed by atoms with Crippen molar-refractivity contribution in [2.75, 3.05) is 18.1 Å². The molecule has 6 nitrogen and oxygen atoms in total. The fourth-order valence-corrected chi connectivity index (χ4v) is 4.55. The van der Waals surface area contributed by atoms with Gasteiger partial charge in [0.1, 0.15) is 5.52 Å². The van der Waals surface area contributed by atoms with Crippen LogP contribution in [0.4, 0.5) is 5.69 Å². The van der Waals surface area contributed by atoms with Crippen LogP contribution in [0, 0.1) is 6.92 Å². The second-order valence-electron chi connectivity index (χ2n) is 7.67. The van der Waals surface area contributed by atoms with Crippen LogP contribution in [0.2, 0.25) is 0 Å². The molecule has 2 bridgehead atoms. The molecule has 0 aliphatic carbocycles. The van der Waals surface area contributed by atoms with E-state index in [0.717, 1.165) is 52.3 Å². The molecule has 140 valence electrons. The van der Waals surface area contributed by atoms with Crippen molar-refractivity contribution < 1.29 is 9.15 Å². The number of aryl methyl sites for hydroxylation is 1. The molecule has 3 aromatic heterocycles. The predicted octanol–water partition coefficient (Wildman–Crippen LogP) is 4.11. The van der Waals surface area contributed by atoms with Crippen LogP contribution in [0.15, 0.2) is 47.0 Å². The molecule has 0 radical (unpaired) electrons. The molecule has 0 N–H and O–H groups in total. The molecule has 4 aromatic rings. The molecule has 2 atom stereocenters. The molecule has 2 aliphatic rings. The van der Waals surface area contributed by atoms with Gasteiger partial charge in [0.25, 0.3) is 0 Å². The van der Waals surface area contributed by atoms with Crippen molar-refractivity contribution in [1.82, 2.24) is 15.0 Å². The number of oxazole rings is 1. The molecular weight excluding hydrogens is 352 g/mol. The molecule has 6 heteroatoms. The number of fused-ring (bicyclic) bond motifs is 4. The molecule has 28 heavy (non-hydrogen) atoms. The zero-order valence-electron chi connectivity index (χ0n) is 15.6. The third kappa shape index (κ3) is 2.48. The maximum absolute atomic E-state index is 5.72. The Balaban J connectivity index is 1.42. The smallest absolute Gasteiger partial charge is 0.192 e. The van der Waals surface area contributed by atoms with Gasteiger partial charge in [-0.05, 0) is 49.2 Å². The lowest BCUT2D eigenvalue weighted by Gasteiger charge is -2.36. The predicted molar refractivity (Wildman–Crippen MR) is 107 cm³/mol. The number of aromatic nitrogens is 3. The van der Waals surface area contributed by atoms with Gasteiger partial charge in [-0.15, -0.1) is 0 Å². The summed E-state index contributed by atoms with van der Waals surface area (Å²) in [5.41, 5.74) is 6.57. The highest BCUT2D eigenvalue weighted by Gasteiger charge is 2.37. The van der Waals surface area contributed by atoms with E-state index in [1.807, 2.05) is 43.5 Å².